The molecular weight excluding hydrogens is 210 g/mol. The van der Waals surface area contributed by atoms with E-state index in [9.17, 15) is 0 Å². The quantitative estimate of drug-likeness (QED) is 0.811. The van der Waals surface area contributed by atoms with Crippen LogP contribution in [0, 0.1) is 5.92 Å². The largest absolute Gasteiger partial charge is 0.328 e. The average Bonchev–Trinajstić information content (AvgIpc) is 2.32. The van der Waals surface area contributed by atoms with Crippen molar-refractivity contribution in [3.63, 3.8) is 0 Å². The van der Waals surface area contributed by atoms with Gasteiger partial charge in [-0.15, -0.1) is 0 Å². The van der Waals surface area contributed by atoms with Crippen LogP contribution in [-0.4, -0.2) is 55.6 Å². The van der Waals surface area contributed by atoms with Crippen molar-refractivity contribution in [3.05, 3.63) is 0 Å². The first-order chi connectivity index (χ1) is 8.15. The lowest BCUT2D eigenvalue weighted by atomic mass is 9.86. The summed E-state index contributed by atoms with van der Waals surface area (Å²) in [6.45, 7) is 3.90. The molecule has 1 unspecified atom stereocenters. The zero-order valence-corrected chi connectivity index (χ0v) is 11.6. The number of hydrogen-bond donors (Lipinski definition) is 1. The molecule has 0 amide bonds. The summed E-state index contributed by atoms with van der Waals surface area (Å²) in [5.41, 5.74) is 5.97. The van der Waals surface area contributed by atoms with E-state index in [0.29, 0.717) is 6.04 Å². The predicted octanol–water partition coefficient (Wildman–Crippen LogP) is 1.53. The van der Waals surface area contributed by atoms with E-state index in [1.165, 1.54) is 58.2 Å². The van der Waals surface area contributed by atoms with Crippen LogP contribution in [0.4, 0.5) is 0 Å². The zero-order chi connectivity index (χ0) is 12.3. The van der Waals surface area contributed by atoms with E-state index in [1.54, 1.807) is 0 Å². The molecule has 1 saturated carbocycles. The van der Waals surface area contributed by atoms with E-state index in [1.807, 2.05) is 0 Å². The molecule has 2 fully saturated rings. The Balaban J connectivity index is 1.75. The number of likely N-dealkylation sites (tertiary alicyclic amines) is 1. The highest BCUT2D eigenvalue weighted by Gasteiger charge is 2.25. The molecule has 2 rings (SSSR count). The van der Waals surface area contributed by atoms with Crippen molar-refractivity contribution in [1.82, 2.24) is 9.80 Å². The second-order valence-electron chi connectivity index (χ2n) is 6.30. The van der Waals surface area contributed by atoms with Gasteiger partial charge in [0.15, 0.2) is 0 Å². The minimum Gasteiger partial charge on any atom is -0.328 e. The number of nitrogens with zero attached hydrogens (tertiary/aromatic N) is 2. The third-order valence-electron chi connectivity index (χ3n) is 4.62. The van der Waals surface area contributed by atoms with E-state index < -0.39 is 0 Å². The highest BCUT2D eigenvalue weighted by molar-refractivity contribution is 4.82. The minimum atomic E-state index is 0.488. The van der Waals surface area contributed by atoms with Crippen molar-refractivity contribution in [2.75, 3.05) is 33.7 Å². The van der Waals surface area contributed by atoms with Gasteiger partial charge in [-0.1, -0.05) is 0 Å². The fraction of sp³-hybridized carbons (Fsp3) is 1.00. The van der Waals surface area contributed by atoms with Crippen LogP contribution in [0.2, 0.25) is 0 Å². The fourth-order valence-corrected chi connectivity index (χ4v) is 3.35. The van der Waals surface area contributed by atoms with Crippen molar-refractivity contribution in [3.8, 4) is 0 Å². The maximum atomic E-state index is 5.97. The van der Waals surface area contributed by atoms with Crippen LogP contribution in [-0.2, 0) is 0 Å². The molecule has 1 saturated heterocycles. The molecule has 1 atom stereocenters. The average molecular weight is 239 g/mol. The molecule has 0 radical (unpaired) electrons. The van der Waals surface area contributed by atoms with Crippen molar-refractivity contribution < 1.29 is 0 Å². The Labute approximate surface area is 106 Å². The number of piperidine rings is 1. The first kappa shape index (κ1) is 13.3. The standard InChI is InChI=1S/C14H29N3/c1-16(2)14-4-3-9-17(11-14)10-12-5-7-13(15)8-6-12/h12-14H,3-11,15H2,1-2H3. The predicted molar refractivity (Wildman–Crippen MR) is 73.1 cm³/mol. The zero-order valence-electron chi connectivity index (χ0n) is 11.6. The minimum absolute atomic E-state index is 0.488. The third-order valence-corrected chi connectivity index (χ3v) is 4.62. The summed E-state index contributed by atoms with van der Waals surface area (Å²) in [5.74, 6) is 0.913. The molecule has 1 heterocycles. The monoisotopic (exact) mass is 239 g/mol. The Hall–Kier alpha value is -0.120. The van der Waals surface area contributed by atoms with Crippen LogP contribution >= 0.6 is 0 Å². The molecule has 2 aliphatic rings. The lowest BCUT2D eigenvalue weighted by molar-refractivity contribution is 0.108. The summed E-state index contributed by atoms with van der Waals surface area (Å²) in [4.78, 5) is 5.08. The summed E-state index contributed by atoms with van der Waals surface area (Å²) in [6, 6.07) is 1.26. The van der Waals surface area contributed by atoms with E-state index in [0.717, 1.165) is 12.0 Å². The van der Waals surface area contributed by atoms with Gasteiger partial charge < -0.3 is 15.5 Å². The molecule has 17 heavy (non-hydrogen) atoms. The van der Waals surface area contributed by atoms with Gasteiger partial charge in [0.05, 0.1) is 0 Å². The van der Waals surface area contributed by atoms with Crippen LogP contribution in [0.25, 0.3) is 0 Å². The fourth-order valence-electron chi connectivity index (χ4n) is 3.35. The molecule has 1 aliphatic heterocycles. The summed E-state index contributed by atoms with van der Waals surface area (Å²) >= 11 is 0. The van der Waals surface area contributed by atoms with Crippen LogP contribution in [0.1, 0.15) is 38.5 Å². The summed E-state index contributed by atoms with van der Waals surface area (Å²) in [7, 11) is 4.43. The van der Waals surface area contributed by atoms with Crippen LogP contribution in [0.15, 0.2) is 0 Å². The lowest BCUT2D eigenvalue weighted by Crippen LogP contribution is -2.47. The van der Waals surface area contributed by atoms with Gasteiger partial charge in [-0.3, -0.25) is 0 Å². The van der Waals surface area contributed by atoms with E-state index >= 15 is 0 Å². The van der Waals surface area contributed by atoms with Gasteiger partial charge in [0.2, 0.25) is 0 Å². The SMILES string of the molecule is CN(C)C1CCCN(CC2CCC(N)CC2)C1. The summed E-state index contributed by atoms with van der Waals surface area (Å²) in [6.07, 6.45) is 7.94. The molecule has 3 heteroatoms. The summed E-state index contributed by atoms with van der Waals surface area (Å²) < 4.78 is 0. The maximum absolute atomic E-state index is 5.97. The highest BCUT2D eigenvalue weighted by Crippen LogP contribution is 2.25. The summed E-state index contributed by atoms with van der Waals surface area (Å²) in [5, 5.41) is 0. The molecular formula is C14H29N3. The Kier molecular flexibility index (Phi) is 4.83. The van der Waals surface area contributed by atoms with Gasteiger partial charge >= 0.3 is 0 Å². The number of rotatable bonds is 3. The molecule has 2 N–H and O–H groups in total. The van der Waals surface area contributed by atoms with Crippen LogP contribution in [0.3, 0.4) is 0 Å². The van der Waals surface area contributed by atoms with Gasteiger partial charge in [0.1, 0.15) is 0 Å². The third kappa shape index (κ3) is 3.94. The number of hydrogen-bond acceptors (Lipinski definition) is 3. The lowest BCUT2D eigenvalue weighted by Gasteiger charge is -2.39. The van der Waals surface area contributed by atoms with Gasteiger partial charge in [-0.05, 0) is 65.1 Å². The Morgan fingerprint density at radius 3 is 2.47 bits per heavy atom. The molecule has 100 valence electrons. The van der Waals surface area contributed by atoms with Crippen molar-refractivity contribution in [1.29, 1.82) is 0 Å². The molecule has 3 nitrogen and oxygen atoms in total. The van der Waals surface area contributed by atoms with Gasteiger partial charge in [-0.25, -0.2) is 0 Å². The topological polar surface area (TPSA) is 32.5 Å². The van der Waals surface area contributed by atoms with Crippen LogP contribution in [0.5, 0.6) is 0 Å². The van der Waals surface area contributed by atoms with Gasteiger partial charge in [0, 0.05) is 25.2 Å². The molecule has 0 bridgehead atoms. The van der Waals surface area contributed by atoms with E-state index in [2.05, 4.69) is 23.9 Å². The van der Waals surface area contributed by atoms with Gasteiger partial charge in [0.25, 0.3) is 0 Å². The normalized spacial score (nSPS) is 36.4. The molecule has 0 spiro atoms. The second kappa shape index (κ2) is 6.17. The molecule has 0 aromatic heterocycles. The number of likely N-dealkylation sites (N-methyl/N-ethyl adjacent to an activating group) is 1. The Bertz CT molecular complexity index is 222. The van der Waals surface area contributed by atoms with Crippen molar-refractivity contribution in [2.45, 2.75) is 50.6 Å². The Morgan fingerprint density at radius 1 is 1.12 bits per heavy atom. The molecule has 1 aliphatic carbocycles. The first-order valence-corrected chi connectivity index (χ1v) is 7.29. The second-order valence-corrected chi connectivity index (χ2v) is 6.30. The Morgan fingerprint density at radius 2 is 1.82 bits per heavy atom. The first-order valence-electron chi connectivity index (χ1n) is 7.29. The smallest absolute Gasteiger partial charge is 0.0217 e. The molecule has 0 aromatic rings. The van der Waals surface area contributed by atoms with Crippen molar-refractivity contribution in [2.24, 2.45) is 11.7 Å². The highest BCUT2D eigenvalue weighted by atomic mass is 15.2. The molecule has 0 aromatic carbocycles. The van der Waals surface area contributed by atoms with Crippen LogP contribution < -0.4 is 5.73 Å². The number of nitrogens with two attached hydrogens (primary N) is 1. The van der Waals surface area contributed by atoms with Gasteiger partial charge in [-0.2, -0.15) is 0 Å². The van der Waals surface area contributed by atoms with E-state index in [-0.39, 0.29) is 0 Å². The maximum Gasteiger partial charge on any atom is 0.0217 e. The van der Waals surface area contributed by atoms with Crippen molar-refractivity contribution >= 4 is 0 Å². The van der Waals surface area contributed by atoms with E-state index in [4.69, 9.17) is 5.73 Å².